The summed E-state index contributed by atoms with van der Waals surface area (Å²) in [6, 6.07) is 4.27. The molecule has 0 spiro atoms. The van der Waals surface area contributed by atoms with Crippen LogP contribution in [0.1, 0.15) is 6.42 Å². The molecule has 6 nitrogen and oxygen atoms in total. The number of benzene rings is 1. The lowest BCUT2D eigenvalue weighted by Crippen LogP contribution is -2.43. The summed E-state index contributed by atoms with van der Waals surface area (Å²) >= 11 is 5.90. The number of nitrogens with one attached hydrogen (secondary N) is 1. The van der Waals surface area contributed by atoms with Crippen molar-refractivity contribution in [3.05, 3.63) is 68.1 Å². The second-order valence-electron chi connectivity index (χ2n) is 6.83. The van der Waals surface area contributed by atoms with E-state index < -0.39 is 46.8 Å². The van der Waals surface area contributed by atoms with Crippen molar-refractivity contribution in [1.29, 1.82) is 0 Å². The summed E-state index contributed by atoms with van der Waals surface area (Å²) < 4.78 is 41.8. The zero-order valence-electron chi connectivity index (χ0n) is 14.6. The van der Waals surface area contributed by atoms with Gasteiger partial charge in [0.2, 0.25) is 5.43 Å². The van der Waals surface area contributed by atoms with Crippen LogP contribution in [-0.2, 0) is 6.54 Å². The van der Waals surface area contributed by atoms with Crippen LogP contribution in [0.25, 0.3) is 21.8 Å². The van der Waals surface area contributed by atoms with E-state index in [0.717, 1.165) is 6.08 Å². The van der Waals surface area contributed by atoms with Crippen LogP contribution in [0.3, 0.4) is 0 Å². The van der Waals surface area contributed by atoms with E-state index in [1.807, 2.05) is 0 Å². The first-order chi connectivity index (χ1) is 13.6. The number of aromatic hydroxyl groups is 1. The number of H-pyrrole nitrogens is 1. The Labute approximate surface area is 165 Å². The molecular weight excluding hydrogens is 411 g/mol. The van der Waals surface area contributed by atoms with E-state index in [2.05, 4.69) is 10.1 Å². The molecule has 2 N–H and O–H groups in total. The van der Waals surface area contributed by atoms with Crippen molar-refractivity contribution in [1.82, 2.24) is 14.8 Å². The van der Waals surface area contributed by atoms with E-state index in [4.69, 9.17) is 11.6 Å². The highest BCUT2D eigenvalue weighted by Gasteiger charge is 2.53. The molecule has 150 valence electrons. The zero-order chi connectivity index (χ0) is 21.0. The fourth-order valence-electron chi connectivity index (χ4n) is 3.43. The smallest absolute Gasteiger partial charge is 0.399 e. The Morgan fingerprint density at radius 3 is 2.69 bits per heavy atom. The number of allylic oxidation sites excluding steroid dienone is 4. The average Bonchev–Trinajstić information content (AvgIpc) is 2.65. The minimum Gasteiger partial charge on any atom is -0.491 e. The van der Waals surface area contributed by atoms with Crippen molar-refractivity contribution >= 4 is 33.4 Å². The largest absolute Gasteiger partial charge is 0.491 e. The van der Waals surface area contributed by atoms with Gasteiger partial charge in [0.1, 0.15) is 16.3 Å². The van der Waals surface area contributed by atoms with Gasteiger partial charge in [-0.25, -0.2) is 4.68 Å². The van der Waals surface area contributed by atoms with E-state index in [9.17, 15) is 27.9 Å². The number of aromatic amines is 1. The van der Waals surface area contributed by atoms with Crippen LogP contribution in [0.4, 0.5) is 13.2 Å². The first-order valence-electron chi connectivity index (χ1n) is 8.49. The third-order valence-corrected chi connectivity index (χ3v) is 5.23. The molecule has 0 fully saturated rings. The van der Waals surface area contributed by atoms with Crippen LogP contribution < -0.4 is 11.0 Å². The molecule has 1 aliphatic carbocycles. The maximum Gasteiger partial charge on any atom is 0.399 e. The van der Waals surface area contributed by atoms with Gasteiger partial charge in [-0.05, 0) is 24.6 Å². The molecule has 1 unspecified atom stereocenters. The van der Waals surface area contributed by atoms with Gasteiger partial charge in [0.05, 0.1) is 12.1 Å². The summed E-state index contributed by atoms with van der Waals surface area (Å²) in [6.45, 7) is -0.877. The third-order valence-electron chi connectivity index (χ3n) is 4.99. The van der Waals surface area contributed by atoms with Gasteiger partial charge in [0.15, 0.2) is 0 Å². The lowest BCUT2D eigenvalue weighted by Gasteiger charge is -2.33. The van der Waals surface area contributed by atoms with Gasteiger partial charge in [-0.15, -0.1) is 5.10 Å². The molecule has 0 radical (unpaired) electrons. The summed E-state index contributed by atoms with van der Waals surface area (Å²) in [6.07, 6.45) is -0.0650. The van der Waals surface area contributed by atoms with Gasteiger partial charge < -0.3 is 10.1 Å². The fourth-order valence-corrected chi connectivity index (χ4v) is 3.60. The number of hydrogen-bond acceptors (Lipinski definition) is 4. The first-order valence-corrected chi connectivity index (χ1v) is 8.87. The Bertz CT molecular complexity index is 1320. The summed E-state index contributed by atoms with van der Waals surface area (Å²) in [4.78, 5) is 28.4. The van der Waals surface area contributed by atoms with Crippen molar-refractivity contribution < 1.29 is 18.3 Å². The predicted octanol–water partition coefficient (Wildman–Crippen LogP) is 3.66. The Morgan fingerprint density at radius 1 is 1.28 bits per heavy atom. The van der Waals surface area contributed by atoms with Gasteiger partial charge >= 0.3 is 6.18 Å². The van der Waals surface area contributed by atoms with E-state index in [0.29, 0.717) is 9.70 Å². The molecular formula is C19H13ClF3N3O3. The van der Waals surface area contributed by atoms with Crippen LogP contribution in [0.5, 0.6) is 5.88 Å². The number of rotatable bonds is 2. The van der Waals surface area contributed by atoms with Crippen LogP contribution in [0.2, 0.25) is 5.02 Å². The van der Waals surface area contributed by atoms with E-state index in [-0.39, 0.29) is 16.4 Å². The van der Waals surface area contributed by atoms with Gasteiger partial charge in [-0.3, -0.25) is 9.59 Å². The second-order valence-corrected chi connectivity index (χ2v) is 7.26. The van der Waals surface area contributed by atoms with Gasteiger partial charge in [-0.2, -0.15) is 13.2 Å². The predicted molar refractivity (Wildman–Crippen MR) is 102 cm³/mol. The van der Waals surface area contributed by atoms with Gasteiger partial charge in [-0.1, -0.05) is 35.9 Å². The monoisotopic (exact) mass is 423 g/mol. The van der Waals surface area contributed by atoms with E-state index in [1.54, 1.807) is 0 Å². The Kier molecular flexibility index (Phi) is 4.30. The first kappa shape index (κ1) is 19.3. The molecule has 0 bridgehead atoms. The lowest BCUT2D eigenvalue weighted by atomic mass is 9.80. The van der Waals surface area contributed by atoms with E-state index in [1.165, 1.54) is 36.4 Å². The van der Waals surface area contributed by atoms with Crippen molar-refractivity contribution in [2.75, 3.05) is 0 Å². The SMILES string of the molecule is O=c1c2ccc(Cl)cc2[nH]c2c(O)nn(CC3(C(F)(F)F)C=CC=CC3)c(=O)c12. The van der Waals surface area contributed by atoms with Crippen molar-refractivity contribution in [2.24, 2.45) is 5.41 Å². The zero-order valence-corrected chi connectivity index (χ0v) is 15.4. The molecule has 29 heavy (non-hydrogen) atoms. The maximum atomic E-state index is 13.8. The summed E-state index contributed by atoms with van der Waals surface area (Å²) in [5.74, 6) is -0.758. The van der Waals surface area contributed by atoms with Crippen molar-refractivity contribution in [3.63, 3.8) is 0 Å². The van der Waals surface area contributed by atoms with Crippen molar-refractivity contribution in [2.45, 2.75) is 19.1 Å². The van der Waals surface area contributed by atoms with Crippen LogP contribution in [-0.4, -0.2) is 26.0 Å². The van der Waals surface area contributed by atoms with Crippen LogP contribution in [0.15, 0.2) is 52.1 Å². The van der Waals surface area contributed by atoms with Crippen molar-refractivity contribution in [3.8, 4) is 5.88 Å². The quantitative estimate of drug-likeness (QED) is 0.616. The highest BCUT2D eigenvalue weighted by Crippen LogP contribution is 2.45. The fraction of sp³-hybridized carbons (Fsp3) is 0.211. The normalized spacial score (nSPS) is 19.3. The number of aromatic nitrogens is 3. The number of pyridine rings is 1. The number of alkyl halides is 3. The molecule has 3 aromatic rings. The highest BCUT2D eigenvalue weighted by atomic mass is 35.5. The Morgan fingerprint density at radius 2 is 2.03 bits per heavy atom. The molecule has 0 aliphatic heterocycles. The molecule has 0 amide bonds. The van der Waals surface area contributed by atoms with Gasteiger partial charge in [0, 0.05) is 10.4 Å². The molecule has 1 atom stereocenters. The average molecular weight is 424 g/mol. The summed E-state index contributed by atoms with van der Waals surface area (Å²) in [5, 5.41) is 13.8. The van der Waals surface area contributed by atoms with Crippen LogP contribution in [0, 0.1) is 5.41 Å². The lowest BCUT2D eigenvalue weighted by molar-refractivity contribution is -0.210. The molecule has 10 heteroatoms. The number of hydrogen-bond donors (Lipinski definition) is 2. The summed E-state index contributed by atoms with van der Waals surface area (Å²) in [7, 11) is 0. The number of nitrogens with zero attached hydrogens (tertiary/aromatic N) is 2. The molecule has 1 aromatic carbocycles. The maximum absolute atomic E-state index is 13.8. The standard InChI is InChI=1S/C19H13ClF3N3O3/c20-10-4-5-11-12(8-10)24-14-13(15(11)27)17(29)26(25-16(14)28)9-18(19(21,22)23)6-2-1-3-7-18/h1-6,8H,7,9H2,(H,24,27)(H,25,28). The molecule has 0 saturated carbocycles. The Balaban J connectivity index is 1.98. The highest BCUT2D eigenvalue weighted by molar-refractivity contribution is 6.31. The minimum atomic E-state index is -4.67. The molecule has 4 rings (SSSR count). The third kappa shape index (κ3) is 3.02. The molecule has 1 aliphatic rings. The molecule has 2 aromatic heterocycles. The molecule has 0 saturated heterocycles. The topological polar surface area (TPSA) is 88.0 Å². The van der Waals surface area contributed by atoms with Crippen LogP contribution >= 0.6 is 11.6 Å². The minimum absolute atomic E-state index is 0.113. The van der Waals surface area contributed by atoms with E-state index >= 15 is 0 Å². The second kappa shape index (κ2) is 6.48. The number of fused-ring (bicyclic) bond motifs is 2. The van der Waals surface area contributed by atoms with Gasteiger partial charge in [0.25, 0.3) is 11.4 Å². The summed E-state index contributed by atoms with van der Waals surface area (Å²) in [5.41, 5.74) is -4.14. The molecule has 2 heterocycles. The Hall–Kier alpha value is -3.07. The number of halogens is 4.